The van der Waals surface area contributed by atoms with Crippen LogP contribution in [0.3, 0.4) is 0 Å². The monoisotopic (exact) mass is 256 g/mol. The number of benzene rings is 1. The number of amides is 1. The second-order valence-corrected chi connectivity index (χ2v) is 4.38. The Morgan fingerprint density at radius 3 is 2.94 bits per heavy atom. The van der Waals surface area contributed by atoms with E-state index in [0.717, 1.165) is 25.1 Å². The third kappa shape index (κ3) is 2.03. The number of fused-ring (bicyclic) bond motifs is 1. The molecule has 1 saturated heterocycles. The molecule has 2 heterocycles. The van der Waals surface area contributed by atoms with Gasteiger partial charge in [-0.2, -0.15) is 0 Å². The Morgan fingerprint density at radius 1 is 1.41 bits per heavy atom. The standard InChI is InChI=1S/C12H13FN2O.ClH/c13-9-2-1-8-7-15(10-3-4-14-6-10)12(16)11(8)5-9;/h1-2,5,10,14H,3-4,6-7H2;1H/t10-;/m0./s1. The van der Waals surface area contributed by atoms with Gasteiger partial charge < -0.3 is 10.2 Å². The summed E-state index contributed by atoms with van der Waals surface area (Å²) in [6.45, 7) is 2.43. The molecule has 17 heavy (non-hydrogen) atoms. The van der Waals surface area contributed by atoms with Crippen molar-refractivity contribution >= 4 is 18.3 Å². The van der Waals surface area contributed by atoms with Gasteiger partial charge in [-0.25, -0.2) is 4.39 Å². The van der Waals surface area contributed by atoms with Crippen LogP contribution in [0.1, 0.15) is 22.3 Å². The zero-order valence-electron chi connectivity index (χ0n) is 9.28. The highest BCUT2D eigenvalue weighted by atomic mass is 35.5. The first-order chi connectivity index (χ1) is 7.75. The predicted molar refractivity (Wildman–Crippen MR) is 64.8 cm³/mol. The van der Waals surface area contributed by atoms with E-state index < -0.39 is 0 Å². The number of hydrogen-bond acceptors (Lipinski definition) is 2. The molecule has 2 aliphatic heterocycles. The van der Waals surface area contributed by atoms with Crippen LogP contribution in [0.5, 0.6) is 0 Å². The van der Waals surface area contributed by atoms with Crippen LogP contribution in [-0.4, -0.2) is 29.9 Å². The lowest BCUT2D eigenvalue weighted by atomic mass is 10.1. The molecule has 1 fully saturated rings. The zero-order valence-corrected chi connectivity index (χ0v) is 10.1. The van der Waals surface area contributed by atoms with Crippen molar-refractivity contribution in [2.45, 2.75) is 19.0 Å². The number of carbonyl (C=O) groups excluding carboxylic acids is 1. The lowest BCUT2D eigenvalue weighted by Gasteiger charge is -2.22. The lowest BCUT2D eigenvalue weighted by molar-refractivity contribution is 0.0717. The van der Waals surface area contributed by atoms with Crippen LogP contribution in [0.4, 0.5) is 4.39 Å². The summed E-state index contributed by atoms with van der Waals surface area (Å²) < 4.78 is 13.1. The molecule has 3 rings (SSSR count). The van der Waals surface area contributed by atoms with Crippen LogP contribution in [0.25, 0.3) is 0 Å². The van der Waals surface area contributed by atoms with Gasteiger partial charge in [0.25, 0.3) is 5.91 Å². The van der Waals surface area contributed by atoms with E-state index in [2.05, 4.69) is 5.32 Å². The van der Waals surface area contributed by atoms with E-state index in [1.165, 1.54) is 12.1 Å². The summed E-state index contributed by atoms with van der Waals surface area (Å²) in [5.41, 5.74) is 1.48. The van der Waals surface area contributed by atoms with E-state index in [1.54, 1.807) is 6.07 Å². The average Bonchev–Trinajstić information content (AvgIpc) is 2.87. The fourth-order valence-electron chi connectivity index (χ4n) is 2.50. The lowest BCUT2D eigenvalue weighted by Crippen LogP contribution is -2.36. The molecular formula is C12H14ClFN2O. The summed E-state index contributed by atoms with van der Waals surface area (Å²) in [6.07, 6.45) is 0.988. The minimum Gasteiger partial charge on any atom is -0.330 e. The molecule has 0 aromatic heterocycles. The summed E-state index contributed by atoms with van der Waals surface area (Å²) in [5.74, 6) is -0.360. The molecule has 1 amide bonds. The number of rotatable bonds is 1. The summed E-state index contributed by atoms with van der Waals surface area (Å²) >= 11 is 0. The molecule has 1 N–H and O–H groups in total. The van der Waals surface area contributed by atoms with Crippen molar-refractivity contribution < 1.29 is 9.18 Å². The molecule has 5 heteroatoms. The molecular weight excluding hydrogens is 243 g/mol. The Labute approximate surface area is 105 Å². The molecule has 2 aliphatic rings. The third-order valence-corrected chi connectivity index (χ3v) is 3.38. The fraction of sp³-hybridized carbons (Fsp3) is 0.417. The number of nitrogens with zero attached hydrogens (tertiary/aromatic N) is 1. The maximum atomic E-state index is 13.1. The van der Waals surface area contributed by atoms with E-state index in [9.17, 15) is 9.18 Å². The van der Waals surface area contributed by atoms with Crippen molar-refractivity contribution in [2.24, 2.45) is 0 Å². The van der Waals surface area contributed by atoms with Gasteiger partial charge in [0.05, 0.1) is 0 Å². The van der Waals surface area contributed by atoms with Gasteiger partial charge in [-0.3, -0.25) is 4.79 Å². The average molecular weight is 257 g/mol. The molecule has 0 spiro atoms. The second kappa shape index (κ2) is 4.63. The van der Waals surface area contributed by atoms with Crippen LogP contribution >= 0.6 is 12.4 Å². The van der Waals surface area contributed by atoms with Crippen LogP contribution in [0.15, 0.2) is 18.2 Å². The van der Waals surface area contributed by atoms with Crippen LogP contribution in [0.2, 0.25) is 0 Å². The molecule has 0 bridgehead atoms. The Morgan fingerprint density at radius 2 is 2.24 bits per heavy atom. The Bertz CT molecular complexity index is 446. The number of hydrogen-bond donors (Lipinski definition) is 1. The molecule has 0 saturated carbocycles. The van der Waals surface area contributed by atoms with E-state index in [-0.39, 0.29) is 30.2 Å². The molecule has 3 nitrogen and oxygen atoms in total. The SMILES string of the molecule is Cl.O=C1c2cc(F)ccc2CN1[C@H]1CCNC1. The van der Waals surface area contributed by atoms with Gasteiger partial charge in [0.2, 0.25) is 0 Å². The van der Waals surface area contributed by atoms with E-state index >= 15 is 0 Å². The van der Waals surface area contributed by atoms with Crippen molar-refractivity contribution in [3.8, 4) is 0 Å². The van der Waals surface area contributed by atoms with E-state index in [0.29, 0.717) is 12.1 Å². The van der Waals surface area contributed by atoms with Crippen molar-refractivity contribution in [1.29, 1.82) is 0 Å². The molecule has 1 aromatic rings. The molecule has 0 unspecified atom stereocenters. The Balaban J connectivity index is 0.00000108. The van der Waals surface area contributed by atoms with Gasteiger partial charge in [-0.15, -0.1) is 12.4 Å². The smallest absolute Gasteiger partial charge is 0.254 e. The largest absolute Gasteiger partial charge is 0.330 e. The topological polar surface area (TPSA) is 32.3 Å². The van der Waals surface area contributed by atoms with Crippen molar-refractivity contribution in [3.63, 3.8) is 0 Å². The first-order valence-corrected chi connectivity index (χ1v) is 5.56. The third-order valence-electron chi connectivity index (χ3n) is 3.38. The van der Waals surface area contributed by atoms with E-state index in [1.807, 2.05) is 4.90 Å². The second-order valence-electron chi connectivity index (χ2n) is 4.38. The van der Waals surface area contributed by atoms with E-state index in [4.69, 9.17) is 0 Å². The normalized spacial score (nSPS) is 22.5. The summed E-state index contributed by atoms with van der Waals surface area (Å²) in [6, 6.07) is 4.75. The predicted octanol–water partition coefficient (Wildman–Crippen LogP) is 1.57. The molecule has 1 atom stereocenters. The minimum atomic E-state index is -0.335. The Kier molecular flexibility index (Phi) is 3.35. The summed E-state index contributed by atoms with van der Waals surface area (Å²) in [7, 11) is 0. The number of halogens is 2. The highest BCUT2D eigenvalue weighted by molar-refractivity contribution is 5.98. The van der Waals surface area contributed by atoms with Gasteiger partial charge in [-0.1, -0.05) is 6.07 Å². The van der Waals surface area contributed by atoms with Crippen molar-refractivity contribution in [1.82, 2.24) is 10.2 Å². The first kappa shape index (κ1) is 12.3. The quantitative estimate of drug-likeness (QED) is 0.827. The van der Waals surface area contributed by atoms with Crippen molar-refractivity contribution in [3.05, 3.63) is 35.1 Å². The maximum Gasteiger partial charge on any atom is 0.254 e. The molecule has 1 aromatic carbocycles. The molecule has 0 aliphatic carbocycles. The molecule has 0 radical (unpaired) electrons. The first-order valence-electron chi connectivity index (χ1n) is 5.56. The van der Waals surface area contributed by atoms with Crippen molar-refractivity contribution in [2.75, 3.05) is 13.1 Å². The maximum absolute atomic E-state index is 13.1. The highest BCUT2D eigenvalue weighted by Crippen LogP contribution is 2.26. The summed E-state index contributed by atoms with van der Waals surface area (Å²) in [5, 5.41) is 3.24. The van der Waals surface area contributed by atoms with Crippen LogP contribution < -0.4 is 5.32 Å². The number of carbonyl (C=O) groups is 1. The summed E-state index contributed by atoms with van der Waals surface area (Å²) in [4.78, 5) is 13.9. The van der Waals surface area contributed by atoms with Gasteiger partial charge in [-0.05, 0) is 30.7 Å². The zero-order chi connectivity index (χ0) is 11.1. The molecule has 92 valence electrons. The van der Waals surface area contributed by atoms with Gasteiger partial charge in [0.15, 0.2) is 0 Å². The van der Waals surface area contributed by atoms with Gasteiger partial charge >= 0.3 is 0 Å². The number of nitrogens with one attached hydrogen (secondary N) is 1. The van der Waals surface area contributed by atoms with Gasteiger partial charge in [0.1, 0.15) is 5.82 Å². The minimum absolute atomic E-state index is 0. The highest BCUT2D eigenvalue weighted by Gasteiger charge is 2.33. The Hall–Kier alpha value is -1.13. The van der Waals surface area contributed by atoms with Gasteiger partial charge in [0, 0.05) is 24.7 Å². The fourth-order valence-corrected chi connectivity index (χ4v) is 2.50. The van der Waals surface area contributed by atoms with Crippen LogP contribution in [0, 0.1) is 5.82 Å². The van der Waals surface area contributed by atoms with Crippen LogP contribution in [-0.2, 0) is 6.54 Å².